The van der Waals surface area contributed by atoms with Gasteiger partial charge in [0, 0.05) is 17.3 Å². The Balaban J connectivity index is 2.29. The lowest BCUT2D eigenvalue weighted by molar-refractivity contribution is -0.142. The van der Waals surface area contributed by atoms with Gasteiger partial charge in [-0.3, -0.25) is 4.79 Å². The van der Waals surface area contributed by atoms with Crippen LogP contribution in [0.25, 0.3) is 0 Å². The molecule has 18 heavy (non-hydrogen) atoms. The number of aliphatic carboxylic acids is 1. The molecular weight excluding hydrogens is 256 g/mol. The lowest BCUT2D eigenvalue weighted by Crippen LogP contribution is -2.57. The molecule has 5 nitrogen and oxygen atoms in total. The number of amides is 1. The molecule has 1 saturated heterocycles. The van der Waals surface area contributed by atoms with E-state index in [4.69, 9.17) is 16.7 Å². The van der Waals surface area contributed by atoms with Crippen LogP contribution >= 0.6 is 11.6 Å². The normalized spacial score (nSPS) is 19.6. The minimum atomic E-state index is -1.03. The van der Waals surface area contributed by atoms with Crippen LogP contribution in [-0.4, -0.2) is 36.1 Å². The maximum Gasteiger partial charge on any atom is 0.328 e. The highest BCUT2D eigenvalue weighted by atomic mass is 35.5. The minimum Gasteiger partial charge on any atom is -0.480 e. The third kappa shape index (κ3) is 2.56. The van der Waals surface area contributed by atoms with E-state index >= 15 is 0 Å². The van der Waals surface area contributed by atoms with Gasteiger partial charge >= 0.3 is 5.97 Å². The van der Waals surface area contributed by atoms with Crippen LogP contribution in [0.2, 0.25) is 5.02 Å². The van der Waals surface area contributed by atoms with Gasteiger partial charge in [0.2, 0.25) is 5.91 Å². The fraction of sp³-hybridized carbons (Fsp3) is 0.333. The first kappa shape index (κ1) is 12.7. The van der Waals surface area contributed by atoms with Gasteiger partial charge in [-0.15, -0.1) is 0 Å². The molecule has 1 aliphatic rings. The molecule has 96 valence electrons. The molecule has 0 saturated carbocycles. The van der Waals surface area contributed by atoms with Crippen molar-refractivity contribution in [3.05, 3.63) is 28.8 Å². The lowest BCUT2D eigenvalue weighted by Gasteiger charge is -2.33. The Morgan fingerprint density at radius 1 is 1.56 bits per heavy atom. The van der Waals surface area contributed by atoms with Crippen molar-refractivity contribution in [3.8, 4) is 0 Å². The van der Waals surface area contributed by atoms with Crippen LogP contribution in [0.3, 0.4) is 0 Å². The SMILES string of the molecule is Cc1ccc(Cl)cc1N1CC(=O)NC(C(=O)O)C1. The molecule has 1 aromatic carbocycles. The zero-order chi connectivity index (χ0) is 13.3. The molecule has 1 atom stereocenters. The number of carbonyl (C=O) groups excluding carboxylic acids is 1. The lowest BCUT2D eigenvalue weighted by atomic mass is 10.1. The number of anilines is 1. The van der Waals surface area contributed by atoms with Crippen LogP contribution in [0.1, 0.15) is 5.56 Å². The molecule has 0 bridgehead atoms. The van der Waals surface area contributed by atoms with Gasteiger partial charge in [-0.2, -0.15) is 0 Å². The second-order valence-electron chi connectivity index (χ2n) is 4.27. The van der Waals surface area contributed by atoms with Gasteiger partial charge in [0.1, 0.15) is 6.04 Å². The van der Waals surface area contributed by atoms with Crippen LogP contribution in [0.4, 0.5) is 5.69 Å². The molecule has 6 heteroatoms. The highest BCUT2D eigenvalue weighted by molar-refractivity contribution is 6.30. The number of aryl methyl sites for hydroxylation is 1. The number of carboxylic acid groups (broad SMARTS) is 1. The first-order valence-electron chi connectivity index (χ1n) is 5.50. The molecule has 1 fully saturated rings. The van der Waals surface area contributed by atoms with Gasteiger partial charge in [-0.1, -0.05) is 17.7 Å². The zero-order valence-corrected chi connectivity index (χ0v) is 10.6. The second kappa shape index (κ2) is 4.86. The number of benzene rings is 1. The second-order valence-corrected chi connectivity index (χ2v) is 4.71. The van der Waals surface area contributed by atoms with E-state index in [2.05, 4.69) is 5.32 Å². The van der Waals surface area contributed by atoms with Gasteiger partial charge in [0.15, 0.2) is 0 Å². The Kier molecular flexibility index (Phi) is 3.43. The number of rotatable bonds is 2. The van der Waals surface area contributed by atoms with Crippen molar-refractivity contribution < 1.29 is 14.7 Å². The summed E-state index contributed by atoms with van der Waals surface area (Å²) in [6, 6.07) is 4.47. The summed E-state index contributed by atoms with van der Waals surface area (Å²) in [7, 11) is 0. The first-order chi connectivity index (χ1) is 8.47. The van der Waals surface area contributed by atoms with Crippen molar-refractivity contribution in [1.29, 1.82) is 0 Å². The number of carbonyl (C=O) groups is 2. The zero-order valence-electron chi connectivity index (χ0n) is 9.81. The molecule has 0 aliphatic carbocycles. The van der Waals surface area contributed by atoms with Crippen molar-refractivity contribution >= 4 is 29.2 Å². The highest BCUT2D eigenvalue weighted by Gasteiger charge is 2.30. The summed E-state index contributed by atoms with van der Waals surface area (Å²) in [6.45, 7) is 2.28. The number of nitrogens with zero attached hydrogens (tertiary/aromatic N) is 1. The topological polar surface area (TPSA) is 69.6 Å². The summed E-state index contributed by atoms with van der Waals surface area (Å²) in [4.78, 5) is 24.2. The maximum absolute atomic E-state index is 11.5. The van der Waals surface area contributed by atoms with Crippen molar-refractivity contribution in [3.63, 3.8) is 0 Å². The monoisotopic (exact) mass is 268 g/mol. The average molecular weight is 269 g/mol. The average Bonchev–Trinajstić information content (AvgIpc) is 2.31. The standard InChI is InChI=1S/C12H13ClN2O3/c1-7-2-3-8(13)4-10(7)15-5-9(12(17)18)14-11(16)6-15/h2-4,9H,5-6H2,1H3,(H,14,16)(H,17,18). The van der Waals surface area contributed by atoms with Crippen LogP contribution < -0.4 is 10.2 Å². The Hall–Kier alpha value is -1.75. The van der Waals surface area contributed by atoms with E-state index < -0.39 is 12.0 Å². The summed E-state index contributed by atoms with van der Waals surface area (Å²) < 4.78 is 0. The van der Waals surface area contributed by atoms with E-state index in [0.717, 1.165) is 11.3 Å². The van der Waals surface area contributed by atoms with E-state index in [1.165, 1.54) is 0 Å². The molecule has 0 aromatic heterocycles. The van der Waals surface area contributed by atoms with Crippen LogP contribution in [0.5, 0.6) is 0 Å². The molecular formula is C12H13ClN2O3. The molecule has 2 rings (SSSR count). The Labute approximate surface area is 109 Å². The Bertz CT molecular complexity index is 504. The summed E-state index contributed by atoms with van der Waals surface area (Å²) >= 11 is 5.93. The van der Waals surface area contributed by atoms with Gasteiger partial charge in [0.05, 0.1) is 6.54 Å². The molecule has 1 aromatic rings. The molecule has 0 spiro atoms. The van der Waals surface area contributed by atoms with Crippen molar-refractivity contribution in [2.24, 2.45) is 0 Å². The van der Waals surface area contributed by atoms with E-state index in [1.807, 2.05) is 13.0 Å². The number of hydrogen-bond donors (Lipinski definition) is 2. The fourth-order valence-electron chi connectivity index (χ4n) is 1.99. The van der Waals surface area contributed by atoms with Gasteiger partial charge in [0.25, 0.3) is 0 Å². The predicted molar refractivity (Wildman–Crippen MR) is 68.0 cm³/mol. The highest BCUT2D eigenvalue weighted by Crippen LogP contribution is 2.25. The van der Waals surface area contributed by atoms with E-state index in [1.54, 1.807) is 17.0 Å². The predicted octanol–water partition coefficient (Wildman–Crippen LogP) is 1.04. The van der Waals surface area contributed by atoms with E-state index in [0.29, 0.717) is 5.02 Å². The van der Waals surface area contributed by atoms with Crippen molar-refractivity contribution in [2.75, 3.05) is 18.0 Å². The maximum atomic E-state index is 11.5. The summed E-state index contributed by atoms with van der Waals surface area (Å²) in [5, 5.41) is 12.0. The Morgan fingerprint density at radius 3 is 2.94 bits per heavy atom. The number of nitrogens with one attached hydrogen (secondary N) is 1. The van der Waals surface area contributed by atoms with Crippen molar-refractivity contribution in [1.82, 2.24) is 5.32 Å². The molecule has 1 aliphatic heterocycles. The molecule has 1 heterocycles. The fourth-order valence-corrected chi connectivity index (χ4v) is 2.16. The summed E-state index contributed by atoms with van der Waals surface area (Å²) in [5.74, 6) is -1.33. The van der Waals surface area contributed by atoms with Crippen LogP contribution in [-0.2, 0) is 9.59 Å². The molecule has 1 amide bonds. The largest absolute Gasteiger partial charge is 0.480 e. The molecule has 2 N–H and O–H groups in total. The Morgan fingerprint density at radius 2 is 2.28 bits per heavy atom. The summed E-state index contributed by atoms with van der Waals surface area (Å²) in [5.41, 5.74) is 1.75. The van der Waals surface area contributed by atoms with Crippen LogP contribution in [0, 0.1) is 6.92 Å². The number of carboxylic acids is 1. The number of piperazine rings is 1. The van der Waals surface area contributed by atoms with Gasteiger partial charge in [-0.25, -0.2) is 4.79 Å². The number of hydrogen-bond acceptors (Lipinski definition) is 3. The van der Waals surface area contributed by atoms with E-state index in [-0.39, 0.29) is 19.0 Å². The molecule has 0 radical (unpaired) electrons. The molecule has 1 unspecified atom stereocenters. The van der Waals surface area contributed by atoms with Gasteiger partial charge < -0.3 is 15.3 Å². The van der Waals surface area contributed by atoms with Crippen LogP contribution in [0.15, 0.2) is 18.2 Å². The smallest absolute Gasteiger partial charge is 0.328 e. The number of halogens is 1. The quantitative estimate of drug-likeness (QED) is 0.841. The third-order valence-electron chi connectivity index (χ3n) is 2.88. The third-order valence-corrected chi connectivity index (χ3v) is 3.12. The first-order valence-corrected chi connectivity index (χ1v) is 5.88. The van der Waals surface area contributed by atoms with Gasteiger partial charge in [-0.05, 0) is 24.6 Å². The minimum absolute atomic E-state index is 0.144. The summed E-state index contributed by atoms with van der Waals surface area (Å²) in [6.07, 6.45) is 0. The van der Waals surface area contributed by atoms with Crippen molar-refractivity contribution in [2.45, 2.75) is 13.0 Å². The van der Waals surface area contributed by atoms with E-state index in [9.17, 15) is 9.59 Å².